The molecule has 2 aromatic carbocycles. The van der Waals surface area contributed by atoms with Gasteiger partial charge in [0.25, 0.3) is 0 Å². The molecule has 166 valence electrons. The van der Waals surface area contributed by atoms with Gasteiger partial charge in [-0.1, -0.05) is 53.2 Å². The largest absolute Gasteiger partial charge is 0.383 e. The zero-order valence-corrected chi connectivity index (χ0v) is 18.7. The molecule has 0 aliphatic rings. The van der Waals surface area contributed by atoms with Crippen molar-refractivity contribution in [1.82, 2.24) is 39.7 Å². The fourth-order valence-corrected chi connectivity index (χ4v) is 4.17. The Morgan fingerprint density at radius 2 is 1.79 bits per heavy atom. The lowest BCUT2D eigenvalue weighted by molar-refractivity contribution is 0.687. The number of hydrogen-bond acceptors (Lipinski definition) is 7. The maximum absolute atomic E-state index is 6.24. The molecule has 9 nitrogen and oxygen atoms in total. The molecule has 0 spiro atoms. The summed E-state index contributed by atoms with van der Waals surface area (Å²) in [5.41, 5.74) is 13.3. The smallest absolute Gasteiger partial charge is 0.164 e. The number of nitrogens with zero attached hydrogens (tertiary/aromatic N) is 8. The van der Waals surface area contributed by atoms with Gasteiger partial charge in [-0.15, -0.1) is 5.10 Å². The first-order valence-corrected chi connectivity index (χ1v) is 10.9. The summed E-state index contributed by atoms with van der Waals surface area (Å²) in [6.07, 6.45) is 3.36. The van der Waals surface area contributed by atoms with E-state index in [1.165, 1.54) is 11.9 Å². The van der Waals surface area contributed by atoms with Gasteiger partial charge in [0.1, 0.15) is 23.5 Å². The second-order valence-corrected chi connectivity index (χ2v) is 8.28. The summed E-state index contributed by atoms with van der Waals surface area (Å²) in [5, 5.41) is 15.4. The van der Waals surface area contributed by atoms with Crippen LogP contribution in [-0.2, 0) is 6.54 Å². The van der Waals surface area contributed by atoms with E-state index in [0.29, 0.717) is 18.0 Å². The van der Waals surface area contributed by atoms with Gasteiger partial charge in [0.05, 0.1) is 29.3 Å². The molecule has 6 aromatic rings. The Morgan fingerprint density at radius 1 is 0.971 bits per heavy atom. The summed E-state index contributed by atoms with van der Waals surface area (Å²) in [6, 6.07) is 18.2. The number of nitrogen functional groups attached to an aromatic ring is 1. The summed E-state index contributed by atoms with van der Waals surface area (Å²) in [6.45, 7) is 4.41. The Balaban J connectivity index is 1.42. The molecule has 0 unspecified atom stereocenters. The Bertz CT molecular complexity index is 1660. The molecule has 4 heterocycles. The molecular weight excluding hydrogens is 426 g/mol. The van der Waals surface area contributed by atoms with E-state index < -0.39 is 0 Å². The van der Waals surface area contributed by atoms with Crippen molar-refractivity contribution in [3.63, 3.8) is 0 Å². The number of benzene rings is 2. The van der Waals surface area contributed by atoms with Crippen LogP contribution in [0.1, 0.15) is 17.0 Å². The van der Waals surface area contributed by atoms with Gasteiger partial charge in [-0.2, -0.15) is 5.10 Å². The molecule has 0 saturated heterocycles. The summed E-state index contributed by atoms with van der Waals surface area (Å²) >= 11 is 0. The maximum atomic E-state index is 6.24. The second-order valence-electron chi connectivity index (χ2n) is 8.28. The first-order valence-electron chi connectivity index (χ1n) is 10.9. The van der Waals surface area contributed by atoms with Gasteiger partial charge in [-0.3, -0.25) is 4.98 Å². The highest BCUT2D eigenvalue weighted by Crippen LogP contribution is 2.30. The third-order valence-corrected chi connectivity index (χ3v) is 5.81. The van der Waals surface area contributed by atoms with E-state index in [2.05, 4.69) is 32.2 Å². The van der Waals surface area contributed by atoms with Crippen LogP contribution in [-0.4, -0.2) is 39.7 Å². The normalized spacial score (nSPS) is 11.5. The average Bonchev–Trinajstić information content (AvgIpc) is 3.45. The predicted octanol–water partition coefficient (Wildman–Crippen LogP) is 3.87. The zero-order valence-electron chi connectivity index (χ0n) is 18.7. The van der Waals surface area contributed by atoms with Crippen molar-refractivity contribution in [2.45, 2.75) is 20.4 Å². The maximum Gasteiger partial charge on any atom is 0.164 e. The number of para-hydroxylation sites is 1. The molecule has 2 N–H and O–H groups in total. The van der Waals surface area contributed by atoms with Crippen molar-refractivity contribution in [3.05, 3.63) is 84.1 Å². The Hall–Kier alpha value is -4.66. The average molecular weight is 448 g/mol. The lowest BCUT2D eigenvalue weighted by Gasteiger charge is -2.06. The number of aromatic nitrogens is 8. The van der Waals surface area contributed by atoms with Crippen molar-refractivity contribution in [1.29, 1.82) is 0 Å². The first kappa shape index (κ1) is 20.0. The minimum Gasteiger partial charge on any atom is -0.383 e. The fourth-order valence-electron chi connectivity index (χ4n) is 4.17. The lowest BCUT2D eigenvalue weighted by Crippen LogP contribution is -2.04. The van der Waals surface area contributed by atoms with Crippen LogP contribution < -0.4 is 5.73 Å². The number of nitrogens with two attached hydrogens (primary N) is 1. The summed E-state index contributed by atoms with van der Waals surface area (Å²) in [5.74, 6) is 0.397. The summed E-state index contributed by atoms with van der Waals surface area (Å²) in [4.78, 5) is 13.3. The van der Waals surface area contributed by atoms with E-state index in [0.717, 1.165) is 44.6 Å². The van der Waals surface area contributed by atoms with Crippen molar-refractivity contribution in [2.75, 3.05) is 5.73 Å². The topological polar surface area (TPSA) is 113 Å². The van der Waals surface area contributed by atoms with Gasteiger partial charge in [0.2, 0.25) is 0 Å². The molecule has 9 heteroatoms. The predicted molar refractivity (Wildman–Crippen MR) is 130 cm³/mol. The van der Waals surface area contributed by atoms with Crippen molar-refractivity contribution in [2.24, 2.45) is 0 Å². The third-order valence-electron chi connectivity index (χ3n) is 5.81. The van der Waals surface area contributed by atoms with Crippen LogP contribution in [0.3, 0.4) is 0 Å². The molecule has 34 heavy (non-hydrogen) atoms. The third kappa shape index (κ3) is 3.34. The zero-order chi connectivity index (χ0) is 23.2. The van der Waals surface area contributed by atoms with E-state index in [1.807, 2.05) is 67.7 Å². The molecule has 0 amide bonds. The van der Waals surface area contributed by atoms with E-state index in [9.17, 15) is 0 Å². The first-order chi connectivity index (χ1) is 16.6. The van der Waals surface area contributed by atoms with Gasteiger partial charge in [-0.25, -0.2) is 19.3 Å². The highest BCUT2D eigenvalue weighted by atomic mass is 15.4. The molecular formula is C25H21N9. The van der Waals surface area contributed by atoms with Crippen molar-refractivity contribution in [3.8, 4) is 16.9 Å². The molecule has 0 aliphatic heterocycles. The Kier molecular flexibility index (Phi) is 4.54. The molecule has 6 rings (SSSR count). The Labute approximate surface area is 194 Å². The molecule has 0 bridgehead atoms. The van der Waals surface area contributed by atoms with Crippen LogP contribution in [0.15, 0.2) is 67.1 Å². The highest BCUT2D eigenvalue weighted by molar-refractivity contribution is 5.98. The standard InChI is InChI=1S/C25H21N9/c1-15-7-9-17(10-8-15)23-22-24(26)27-14-28-25(22)34(31-23)13-18-12-33(32-30-18)21-11-16(2)29-20-6-4-3-5-19(20)21/h3-12,14H,13H2,1-2H3,(H2,26,27,28). The van der Waals surface area contributed by atoms with Crippen LogP contribution in [0.5, 0.6) is 0 Å². The van der Waals surface area contributed by atoms with E-state index in [1.54, 1.807) is 9.36 Å². The summed E-state index contributed by atoms with van der Waals surface area (Å²) in [7, 11) is 0. The van der Waals surface area contributed by atoms with Crippen molar-refractivity contribution >= 4 is 27.8 Å². The number of anilines is 1. The molecule has 0 saturated carbocycles. The van der Waals surface area contributed by atoms with Crippen LogP contribution in [0, 0.1) is 13.8 Å². The quantitative estimate of drug-likeness (QED) is 0.436. The van der Waals surface area contributed by atoms with Crippen LogP contribution in [0.25, 0.3) is 38.9 Å². The number of fused-ring (bicyclic) bond motifs is 2. The van der Waals surface area contributed by atoms with Crippen molar-refractivity contribution < 1.29 is 0 Å². The second kappa shape index (κ2) is 7.73. The Morgan fingerprint density at radius 3 is 2.65 bits per heavy atom. The SMILES string of the molecule is Cc1ccc(-c2nn(Cc3cn(-c4cc(C)nc5ccccc45)nn3)c3ncnc(N)c23)cc1. The highest BCUT2D eigenvalue weighted by Gasteiger charge is 2.18. The number of pyridine rings is 1. The van der Waals surface area contributed by atoms with E-state index in [-0.39, 0.29) is 0 Å². The van der Waals surface area contributed by atoms with E-state index >= 15 is 0 Å². The van der Waals surface area contributed by atoms with Gasteiger partial charge in [-0.05, 0) is 26.0 Å². The van der Waals surface area contributed by atoms with E-state index in [4.69, 9.17) is 10.8 Å². The van der Waals surface area contributed by atoms with Crippen LogP contribution in [0.2, 0.25) is 0 Å². The van der Waals surface area contributed by atoms with Gasteiger partial charge in [0, 0.05) is 16.6 Å². The fraction of sp³-hybridized carbons (Fsp3) is 0.120. The van der Waals surface area contributed by atoms with Crippen LogP contribution >= 0.6 is 0 Å². The molecule has 0 radical (unpaired) electrons. The minimum absolute atomic E-state index is 0.390. The molecule has 4 aromatic heterocycles. The monoisotopic (exact) mass is 447 g/mol. The molecule has 0 aliphatic carbocycles. The van der Waals surface area contributed by atoms with Crippen LogP contribution in [0.4, 0.5) is 5.82 Å². The molecule has 0 atom stereocenters. The summed E-state index contributed by atoms with van der Waals surface area (Å²) < 4.78 is 3.58. The number of rotatable bonds is 4. The minimum atomic E-state index is 0.390. The molecule has 0 fully saturated rings. The number of aryl methyl sites for hydroxylation is 2. The lowest BCUT2D eigenvalue weighted by atomic mass is 10.1. The number of hydrogen-bond donors (Lipinski definition) is 1. The van der Waals surface area contributed by atoms with Gasteiger partial charge in [0.15, 0.2) is 5.65 Å². The van der Waals surface area contributed by atoms with Gasteiger partial charge < -0.3 is 5.73 Å². The van der Waals surface area contributed by atoms with Gasteiger partial charge >= 0.3 is 0 Å².